The molecule has 0 bridgehead atoms. The maximum absolute atomic E-state index is 12.4. The summed E-state index contributed by atoms with van der Waals surface area (Å²) in [5, 5.41) is 10.2. The van der Waals surface area contributed by atoms with E-state index in [0.29, 0.717) is 0 Å². The predicted molar refractivity (Wildman–Crippen MR) is 89.3 cm³/mol. The average Bonchev–Trinajstić information content (AvgIpc) is 2.52. The normalized spacial score (nSPS) is 12.1. The molecule has 0 heterocycles. The molecule has 0 spiro atoms. The molecule has 0 N–H and O–H groups in total. The summed E-state index contributed by atoms with van der Waals surface area (Å²) in [5.41, 5.74) is -1.36. The lowest BCUT2D eigenvalue weighted by Crippen LogP contribution is -2.40. The van der Waals surface area contributed by atoms with E-state index in [0.717, 1.165) is 18.2 Å². The second-order valence-corrected chi connectivity index (χ2v) is 9.27. The maximum Gasteiger partial charge on any atom is 0.290 e. The Kier molecular flexibility index (Phi) is 7.50. The molecule has 0 atom stereocenters. The predicted octanol–water partition coefficient (Wildman–Crippen LogP) is 2.43. The summed E-state index contributed by atoms with van der Waals surface area (Å²) < 4.78 is 74.2. The molecule has 0 saturated heterocycles. The topological polar surface area (TPSA) is 115 Å². The molecule has 1 aromatic rings. The second kappa shape index (κ2) is 8.72. The van der Waals surface area contributed by atoms with Gasteiger partial charge in [0.2, 0.25) is 20.0 Å². The van der Waals surface area contributed by atoms with Crippen LogP contribution in [0.15, 0.2) is 18.2 Å². The molecule has 13 heteroatoms. The molecule has 0 fully saturated rings. The third-order valence-electron chi connectivity index (χ3n) is 2.93. The van der Waals surface area contributed by atoms with Crippen molar-refractivity contribution in [1.29, 1.82) is 0 Å². The van der Waals surface area contributed by atoms with Crippen molar-refractivity contribution in [3.05, 3.63) is 33.3 Å². The monoisotopic (exact) mass is 420 g/mol. The van der Waals surface area contributed by atoms with Crippen LogP contribution < -0.4 is 3.71 Å². The van der Waals surface area contributed by atoms with Crippen molar-refractivity contribution < 1.29 is 30.5 Å². The number of halogens is 3. The molecule has 0 aliphatic heterocycles. The third-order valence-corrected chi connectivity index (χ3v) is 7.69. The first-order valence-electron chi connectivity index (χ1n) is 6.89. The van der Waals surface area contributed by atoms with Crippen LogP contribution in [0.25, 0.3) is 0 Å². The van der Waals surface area contributed by atoms with Gasteiger partial charge in [-0.15, -0.1) is 0 Å². The fourth-order valence-electron chi connectivity index (χ4n) is 1.90. The molecule has 0 aromatic heterocycles. The van der Waals surface area contributed by atoms with Crippen molar-refractivity contribution in [3.63, 3.8) is 0 Å². The van der Waals surface area contributed by atoms with E-state index in [1.54, 1.807) is 0 Å². The van der Waals surface area contributed by atoms with Crippen LogP contribution in [0.1, 0.15) is 12.8 Å². The van der Waals surface area contributed by atoms with Crippen molar-refractivity contribution in [2.24, 2.45) is 0 Å². The number of hydrogen-bond donors (Lipinski definition) is 0. The first-order chi connectivity index (χ1) is 11.6. The highest BCUT2D eigenvalue weighted by Gasteiger charge is 2.36. The number of nitrogens with zero attached hydrogens (tertiary/aromatic N) is 2. The highest BCUT2D eigenvalue weighted by molar-refractivity contribution is 8.10. The maximum atomic E-state index is 12.4. The van der Waals surface area contributed by atoms with E-state index in [-0.39, 0.29) is 3.71 Å². The summed E-state index contributed by atoms with van der Waals surface area (Å²) >= 11 is 5.82. The molecule has 8 nitrogen and oxygen atoms in total. The smallest absolute Gasteiger partial charge is 0.258 e. The summed E-state index contributed by atoms with van der Waals surface area (Å²) in [7, 11) is -9.23. The van der Waals surface area contributed by atoms with Gasteiger partial charge in [-0.1, -0.05) is 17.7 Å². The molecule has 0 aliphatic carbocycles. The minimum absolute atomic E-state index is 0.0688. The number of benzene rings is 1. The summed E-state index contributed by atoms with van der Waals surface area (Å²) in [5.74, 6) is -1.73. The number of nitro groups is 1. The van der Waals surface area contributed by atoms with E-state index in [9.17, 15) is 35.7 Å². The van der Waals surface area contributed by atoms with E-state index in [1.807, 2.05) is 0 Å². The molecule has 142 valence electrons. The Morgan fingerprint density at radius 2 is 1.52 bits per heavy atom. The second-order valence-electron chi connectivity index (χ2n) is 4.78. The molecular weight excluding hydrogens is 406 g/mol. The van der Waals surface area contributed by atoms with Gasteiger partial charge in [-0.05, 0) is 18.9 Å². The van der Waals surface area contributed by atoms with Crippen LogP contribution in [-0.2, 0) is 20.0 Å². The first-order valence-corrected chi connectivity index (χ1v) is 10.5. The van der Waals surface area contributed by atoms with Crippen molar-refractivity contribution in [3.8, 4) is 0 Å². The zero-order valence-corrected chi connectivity index (χ0v) is 15.2. The first kappa shape index (κ1) is 21.5. The molecule has 1 aromatic carbocycles. The van der Waals surface area contributed by atoms with Gasteiger partial charge in [-0.2, -0.15) is 3.71 Å². The van der Waals surface area contributed by atoms with Gasteiger partial charge >= 0.3 is 0 Å². The van der Waals surface area contributed by atoms with Crippen molar-refractivity contribution in [1.82, 2.24) is 0 Å². The standard InChI is InChI=1S/C12H15ClF2N2O6S2/c13-12-10(16(18)19)4-1-5-11(12)17(24(20,21)8-2-6-14)25(22,23)9-3-7-15/h1,4-5H,2-3,6-9H2. The van der Waals surface area contributed by atoms with Gasteiger partial charge in [0.15, 0.2) is 0 Å². The highest BCUT2D eigenvalue weighted by Crippen LogP contribution is 2.37. The quantitative estimate of drug-likeness (QED) is 0.424. The number of sulfonamides is 2. The Bertz CT molecular complexity index is 794. The minimum Gasteiger partial charge on any atom is -0.258 e. The van der Waals surface area contributed by atoms with E-state index < -0.39 is 79.1 Å². The van der Waals surface area contributed by atoms with Crippen molar-refractivity contribution >= 4 is 43.0 Å². The van der Waals surface area contributed by atoms with Crippen LogP contribution in [0, 0.1) is 10.1 Å². The minimum atomic E-state index is -4.61. The molecular formula is C12H15ClF2N2O6S2. The lowest BCUT2D eigenvalue weighted by atomic mass is 10.3. The van der Waals surface area contributed by atoms with Gasteiger partial charge in [0.05, 0.1) is 35.5 Å². The Morgan fingerprint density at radius 3 is 1.92 bits per heavy atom. The summed E-state index contributed by atoms with van der Waals surface area (Å²) in [4.78, 5) is 10.0. The number of hydrogen-bond acceptors (Lipinski definition) is 6. The SMILES string of the molecule is O=[N+]([O-])c1cccc(N(S(=O)(=O)CCCF)S(=O)(=O)CCCF)c1Cl. The van der Waals surface area contributed by atoms with Crippen LogP contribution in [0.5, 0.6) is 0 Å². The van der Waals surface area contributed by atoms with E-state index >= 15 is 0 Å². The Hall–Kier alpha value is -1.53. The van der Waals surface area contributed by atoms with Gasteiger partial charge in [-0.25, -0.2) is 16.8 Å². The molecule has 0 radical (unpaired) electrons. The lowest BCUT2D eigenvalue weighted by Gasteiger charge is -2.24. The highest BCUT2D eigenvalue weighted by atomic mass is 35.5. The molecule has 1 rings (SSSR count). The van der Waals surface area contributed by atoms with Gasteiger partial charge in [-0.3, -0.25) is 18.9 Å². The zero-order valence-electron chi connectivity index (χ0n) is 12.8. The molecule has 25 heavy (non-hydrogen) atoms. The average molecular weight is 421 g/mol. The number of rotatable bonds is 10. The van der Waals surface area contributed by atoms with Crippen LogP contribution in [-0.4, -0.2) is 46.6 Å². The van der Waals surface area contributed by atoms with Crippen LogP contribution in [0.4, 0.5) is 20.2 Å². The zero-order chi connectivity index (χ0) is 19.3. The fourth-order valence-corrected chi connectivity index (χ4v) is 6.30. The van der Waals surface area contributed by atoms with Crippen LogP contribution in [0.2, 0.25) is 5.02 Å². The van der Waals surface area contributed by atoms with Crippen LogP contribution in [0.3, 0.4) is 0 Å². The van der Waals surface area contributed by atoms with Gasteiger partial charge in [0, 0.05) is 6.07 Å². The molecule has 0 aliphatic rings. The van der Waals surface area contributed by atoms with Gasteiger partial charge < -0.3 is 0 Å². The molecule has 0 unspecified atom stereocenters. The Morgan fingerprint density at radius 1 is 1.04 bits per heavy atom. The Labute approximate surface area is 148 Å². The third kappa shape index (κ3) is 5.22. The van der Waals surface area contributed by atoms with Crippen LogP contribution >= 0.6 is 11.6 Å². The van der Waals surface area contributed by atoms with Gasteiger partial charge in [0.1, 0.15) is 5.02 Å². The molecule has 0 amide bonds. The fraction of sp³-hybridized carbons (Fsp3) is 0.500. The van der Waals surface area contributed by atoms with E-state index in [1.165, 1.54) is 0 Å². The Balaban J connectivity index is 3.59. The van der Waals surface area contributed by atoms with E-state index in [4.69, 9.17) is 11.6 Å². The summed E-state index contributed by atoms with van der Waals surface area (Å²) in [6.07, 6.45) is -0.964. The number of nitro benzene ring substituents is 1. The summed E-state index contributed by atoms with van der Waals surface area (Å²) in [6, 6.07) is 2.99. The summed E-state index contributed by atoms with van der Waals surface area (Å²) in [6.45, 7) is -2.03. The van der Waals surface area contributed by atoms with Crippen molar-refractivity contribution in [2.45, 2.75) is 12.8 Å². The van der Waals surface area contributed by atoms with Gasteiger partial charge in [0.25, 0.3) is 5.69 Å². The lowest BCUT2D eigenvalue weighted by molar-refractivity contribution is -0.384. The molecule has 0 saturated carbocycles. The largest absolute Gasteiger partial charge is 0.290 e. The number of anilines is 1. The number of alkyl halides is 2. The van der Waals surface area contributed by atoms with Crippen molar-refractivity contribution in [2.75, 3.05) is 28.6 Å². The van der Waals surface area contributed by atoms with E-state index in [2.05, 4.69) is 0 Å².